The number of methoxy groups -OCH3 is 1. The number of esters is 1. The smallest absolute Gasteiger partial charge is 0.338 e. The number of fused-ring (bicyclic) bond motifs is 1. The number of hydrogen-bond donors (Lipinski definition) is 0. The van der Waals surface area contributed by atoms with Crippen LogP contribution in [0.1, 0.15) is 65.3 Å². The van der Waals surface area contributed by atoms with Crippen molar-refractivity contribution < 1.29 is 14.3 Å². The lowest BCUT2D eigenvalue weighted by Crippen LogP contribution is -2.40. The first kappa shape index (κ1) is 30.5. The van der Waals surface area contributed by atoms with E-state index in [9.17, 15) is 14.9 Å². The van der Waals surface area contributed by atoms with Crippen LogP contribution in [0.2, 0.25) is 5.02 Å². The molecule has 0 fully saturated rings. The molecule has 3 aromatic heterocycles. The van der Waals surface area contributed by atoms with Crippen LogP contribution < -0.4 is 19.6 Å². The molecule has 0 spiro atoms. The molecule has 0 saturated carbocycles. The van der Waals surface area contributed by atoms with E-state index in [1.165, 1.54) is 23.0 Å². The predicted octanol–water partition coefficient (Wildman–Crippen LogP) is 5.81. The molecule has 0 bridgehead atoms. The fourth-order valence-electron chi connectivity index (χ4n) is 5.36. The van der Waals surface area contributed by atoms with E-state index < -0.39 is 12.0 Å². The zero-order valence-corrected chi connectivity index (χ0v) is 27.5. The Morgan fingerprint density at radius 2 is 1.88 bits per heavy atom. The standard InChI is InChI=1S/C32H31ClN4O4S2/c1-15(2)41-31(39)27-18(5)35-32-37(28(27)23-13-22(33)9-10-25(23)40-8)29(38)26(43-32)12-21-11-16(3)36(19(21)6)30-24(14-34)17(4)20(7)42-30/h9-13,15,28H,1-8H3/b26-12-/t28-/m0/s1. The molecule has 222 valence electrons. The first-order valence-electron chi connectivity index (χ1n) is 13.6. The third kappa shape index (κ3) is 5.26. The Balaban J connectivity index is 1.74. The van der Waals surface area contributed by atoms with Gasteiger partial charge in [-0.15, -0.1) is 11.3 Å². The summed E-state index contributed by atoms with van der Waals surface area (Å²) in [6.07, 6.45) is 1.48. The Bertz CT molecular complexity index is 2050. The number of allylic oxidation sites excluding steroid dienone is 1. The molecule has 4 aromatic rings. The van der Waals surface area contributed by atoms with Crippen molar-refractivity contribution in [1.29, 1.82) is 5.26 Å². The summed E-state index contributed by atoms with van der Waals surface area (Å²) >= 11 is 9.24. The molecule has 1 aromatic carbocycles. The van der Waals surface area contributed by atoms with Gasteiger partial charge in [-0.25, -0.2) is 9.79 Å². The molecule has 4 heterocycles. The number of aromatic nitrogens is 2. The summed E-state index contributed by atoms with van der Waals surface area (Å²) in [7, 11) is 1.53. The first-order valence-corrected chi connectivity index (χ1v) is 15.6. The van der Waals surface area contributed by atoms with Crippen molar-refractivity contribution in [3.8, 4) is 16.8 Å². The molecular formula is C32H31ClN4O4S2. The summed E-state index contributed by atoms with van der Waals surface area (Å²) in [5, 5.41) is 11.2. The number of halogens is 1. The molecule has 5 rings (SSSR count). The van der Waals surface area contributed by atoms with Gasteiger partial charge < -0.3 is 14.0 Å². The zero-order valence-electron chi connectivity index (χ0n) is 25.2. The first-order chi connectivity index (χ1) is 20.4. The van der Waals surface area contributed by atoms with Crippen LogP contribution in [-0.2, 0) is 9.53 Å². The van der Waals surface area contributed by atoms with Crippen LogP contribution in [0.4, 0.5) is 0 Å². The molecule has 0 N–H and O–H groups in total. The fraction of sp³-hybridized carbons (Fsp3) is 0.312. The number of carbonyl (C=O) groups excluding carboxylic acids is 1. The second kappa shape index (κ2) is 11.6. The summed E-state index contributed by atoms with van der Waals surface area (Å²) in [5.74, 6) is -0.0807. The van der Waals surface area contributed by atoms with Crippen LogP contribution in [-0.4, -0.2) is 28.3 Å². The van der Waals surface area contributed by atoms with E-state index in [0.29, 0.717) is 36.9 Å². The molecule has 0 unspecified atom stereocenters. The van der Waals surface area contributed by atoms with Gasteiger partial charge in [0, 0.05) is 26.9 Å². The average molecular weight is 635 g/mol. The minimum absolute atomic E-state index is 0.249. The Morgan fingerprint density at radius 1 is 1.16 bits per heavy atom. The maximum Gasteiger partial charge on any atom is 0.338 e. The zero-order chi connectivity index (χ0) is 31.3. The lowest BCUT2D eigenvalue weighted by molar-refractivity contribution is -0.143. The van der Waals surface area contributed by atoms with Gasteiger partial charge in [-0.3, -0.25) is 9.36 Å². The highest BCUT2D eigenvalue weighted by Gasteiger charge is 2.35. The van der Waals surface area contributed by atoms with E-state index >= 15 is 0 Å². The molecule has 0 saturated heterocycles. The molecule has 43 heavy (non-hydrogen) atoms. The number of nitriles is 1. The summed E-state index contributed by atoms with van der Waals surface area (Å²) in [5.41, 5.74) is 5.29. The molecule has 0 amide bonds. The minimum atomic E-state index is -0.860. The summed E-state index contributed by atoms with van der Waals surface area (Å²) in [6, 6.07) is 8.62. The lowest BCUT2D eigenvalue weighted by Gasteiger charge is -2.26. The molecule has 1 aliphatic rings. The Hall–Kier alpha value is -3.91. The molecule has 8 nitrogen and oxygen atoms in total. The largest absolute Gasteiger partial charge is 0.496 e. The number of hydrogen-bond acceptors (Lipinski definition) is 8. The number of benzene rings is 1. The van der Waals surface area contributed by atoms with Crippen LogP contribution in [0, 0.1) is 39.0 Å². The van der Waals surface area contributed by atoms with Gasteiger partial charge in [0.1, 0.15) is 22.9 Å². The van der Waals surface area contributed by atoms with E-state index in [-0.39, 0.29) is 17.2 Å². The van der Waals surface area contributed by atoms with Crippen molar-refractivity contribution in [1.82, 2.24) is 9.13 Å². The van der Waals surface area contributed by atoms with Gasteiger partial charge in [-0.05, 0) is 89.9 Å². The van der Waals surface area contributed by atoms with Crippen LogP contribution in [0.3, 0.4) is 0 Å². The monoisotopic (exact) mass is 634 g/mol. The number of nitrogens with zero attached hydrogens (tertiary/aromatic N) is 4. The number of carbonyl (C=O) groups is 1. The summed E-state index contributed by atoms with van der Waals surface area (Å²) in [6.45, 7) is 13.2. The third-order valence-corrected chi connectivity index (χ3v) is 9.92. The van der Waals surface area contributed by atoms with Gasteiger partial charge in [0.05, 0.1) is 34.6 Å². The summed E-state index contributed by atoms with van der Waals surface area (Å²) < 4.78 is 15.3. The minimum Gasteiger partial charge on any atom is -0.496 e. The van der Waals surface area contributed by atoms with Crippen LogP contribution >= 0.6 is 34.3 Å². The van der Waals surface area contributed by atoms with Gasteiger partial charge in [-0.2, -0.15) is 5.26 Å². The molecule has 1 aliphatic heterocycles. The molecule has 0 aliphatic carbocycles. The Kier molecular flexibility index (Phi) is 8.27. The van der Waals surface area contributed by atoms with E-state index in [0.717, 1.165) is 32.4 Å². The number of aryl methyl sites for hydroxylation is 2. The number of rotatable bonds is 6. The molecule has 1 atom stereocenters. The van der Waals surface area contributed by atoms with Crippen molar-refractivity contribution in [3.05, 3.63) is 98.8 Å². The van der Waals surface area contributed by atoms with Crippen molar-refractivity contribution in [2.75, 3.05) is 7.11 Å². The van der Waals surface area contributed by atoms with Gasteiger partial charge >= 0.3 is 5.97 Å². The van der Waals surface area contributed by atoms with Crippen molar-refractivity contribution in [3.63, 3.8) is 0 Å². The lowest BCUT2D eigenvalue weighted by atomic mass is 9.95. The van der Waals surface area contributed by atoms with E-state index in [4.69, 9.17) is 21.1 Å². The van der Waals surface area contributed by atoms with Crippen LogP contribution in [0.15, 0.2) is 45.3 Å². The van der Waals surface area contributed by atoms with Crippen molar-refractivity contribution in [2.45, 2.75) is 60.6 Å². The highest BCUT2D eigenvalue weighted by molar-refractivity contribution is 7.15. The molecule has 0 radical (unpaired) electrons. The van der Waals surface area contributed by atoms with Gasteiger partial charge in [-0.1, -0.05) is 22.9 Å². The maximum atomic E-state index is 14.2. The van der Waals surface area contributed by atoms with Gasteiger partial charge in [0.25, 0.3) is 5.56 Å². The highest BCUT2D eigenvalue weighted by Crippen LogP contribution is 2.38. The second-order valence-electron chi connectivity index (χ2n) is 10.7. The average Bonchev–Trinajstić information content (AvgIpc) is 3.51. The van der Waals surface area contributed by atoms with E-state index in [1.807, 2.05) is 39.8 Å². The quantitative estimate of drug-likeness (QED) is 0.250. The predicted molar refractivity (Wildman–Crippen MR) is 170 cm³/mol. The molecule has 11 heteroatoms. The van der Waals surface area contributed by atoms with E-state index in [1.54, 1.807) is 50.3 Å². The number of thiazole rings is 1. The van der Waals surface area contributed by atoms with Crippen LogP contribution in [0.5, 0.6) is 5.75 Å². The van der Waals surface area contributed by atoms with E-state index in [2.05, 4.69) is 15.6 Å². The summed E-state index contributed by atoms with van der Waals surface area (Å²) in [4.78, 5) is 33.9. The van der Waals surface area contributed by atoms with Crippen LogP contribution in [0.25, 0.3) is 11.1 Å². The third-order valence-electron chi connectivity index (χ3n) is 7.51. The number of ether oxygens (including phenoxy) is 2. The Labute approximate surface area is 262 Å². The molecular weight excluding hydrogens is 604 g/mol. The van der Waals surface area contributed by atoms with Crippen molar-refractivity contribution in [2.24, 2.45) is 4.99 Å². The SMILES string of the molecule is COc1ccc(Cl)cc1[C@H]1C(C(=O)OC(C)C)=C(C)N=c2s/c(=C\c3cc(C)n(-c4sc(C)c(C)c4C#N)c3C)c(=O)n21. The van der Waals surface area contributed by atoms with Crippen molar-refractivity contribution >= 4 is 46.3 Å². The second-order valence-corrected chi connectivity index (χ2v) is 13.3. The number of thiophene rings is 1. The topological polar surface area (TPSA) is 98.6 Å². The maximum absolute atomic E-state index is 14.2. The highest BCUT2D eigenvalue weighted by atomic mass is 35.5. The normalized spacial score (nSPS) is 15.0. The Morgan fingerprint density at radius 3 is 2.53 bits per heavy atom. The van der Waals surface area contributed by atoms with Gasteiger partial charge in [0.15, 0.2) is 4.80 Å². The fourth-order valence-corrected chi connectivity index (χ4v) is 7.80. The van der Waals surface area contributed by atoms with Gasteiger partial charge in [0.2, 0.25) is 0 Å².